The fourth-order valence-corrected chi connectivity index (χ4v) is 2.45. The average Bonchev–Trinajstić information content (AvgIpc) is 2.66. The average molecular weight is 341 g/mol. The lowest BCUT2D eigenvalue weighted by Gasteiger charge is -2.28. The highest BCUT2D eigenvalue weighted by atomic mass is 16.5. The van der Waals surface area contributed by atoms with Gasteiger partial charge in [0.15, 0.2) is 0 Å². The summed E-state index contributed by atoms with van der Waals surface area (Å²) in [5.41, 5.74) is 1.44. The fourth-order valence-electron chi connectivity index (χ4n) is 2.45. The van der Waals surface area contributed by atoms with Gasteiger partial charge in [-0.1, -0.05) is 30.3 Å². The molecule has 0 aliphatic heterocycles. The molecule has 0 aromatic heterocycles. The Balaban J connectivity index is 2.28. The second-order valence-electron chi connectivity index (χ2n) is 5.58. The minimum Gasteiger partial charge on any atom is -0.497 e. The number of amides is 1. The third kappa shape index (κ3) is 4.83. The van der Waals surface area contributed by atoms with Crippen LogP contribution in [0.2, 0.25) is 0 Å². The molecule has 5 nitrogen and oxygen atoms in total. The Bertz CT molecular complexity index is 697. The topological polar surface area (TPSA) is 55.8 Å². The number of hydrogen-bond acceptors (Lipinski definition) is 4. The first-order valence-corrected chi connectivity index (χ1v) is 8.22. The maximum absolute atomic E-state index is 13.0. The number of carbonyl (C=O) groups is 2. The van der Waals surface area contributed by atoms with Crippen LogP contribution in [-0.2, 0) is 16.1 Å². The van der Waals surface area contributed by atoms with Crippen molar-refractivity contribution in [3.63, 3.8) is 0 Å². The Morgan fingerprint density at radius 2 is 1.68 bits per heavy atom. The van der Waals surface area contributed by atoms with Crippen molar-refractivity contribution in [1.82, 2.24) is 4.90 Å². The van der Waals surface area contributed by atoms with Gasteiger partial charge < -0.3 is 14.4 Å². The molecule has 0 saturated carbocycles. The lowest BCUT2D eigenvalue weighted by atomic mass is 10.1. The SMILES string of the molecule is CCOC(=O)C(C)N(Cc1ccccc1)C(=O)c1ccc(OC)cc1. The van der Waals surface area contributed by atoms with Gasteiger partial charge in [-0.3, -0.25) is 4.79 Å². The van der Waals surface area contributed by atoms with Gasteiger partial charge in [-0.2, -0.15) is 0 Å². The predicted octanol–water partition coefficient (Wildman–Crippen LogP) is 3.29. The predicted molar refractivity (Wildman–Crippen MR) is 95.4 cm³/mol. The molecule has 0 fully saturated rings. The summed E-state index contributed by atoms with van der Waals surface area (Å²) < 4.78 is 10.2. The van der Waals surface area contributed by atoms with Gasteiger partial charge >= 0.3 is 5.97 Å². The van der Waals surface area contributed by atoms with Gasteiger partial charge in [-0.25, -0.2) is 4.79 Å². The van der Waals surface area contributed by atoms with Crippen LogP contribution in [0.3, 0.4) is 0 Å². The molecule has 2 aromatic carbocycles. The minimum atomic E-state index is -0.685. The number of hydrogen-bond donors (Lipinski definition) is 0. The molecule has 0 spiro atoms. The van der Waals surface area contributed by atoms with Gasteiger partial charge in [0.25, 0.3) is 5.91 Å². The third-order valence-corrected chi connectivity index (χ3v) is 3.89. The van der Waals surface area contributed by atoms with Crippen molar-refractivity contribution in [3.8, 4) is 5.75 Å². The van der Waals surface area contributed by atoms with Crippen molar-refractivity contribution in [2.24, 2.45) is 0 Å². The summed E-state index contributed by atoms with van der Waals surface area (Å²) in [6, 6.07) is 15.7. The Kier molecular flexibility index (Phi) is 6.57. The van der Waals surface area contributed by atoms with E-state index in [2.05, 4.69) is 0 Å². The second-order valence-corrected chi connectivity index (χ2v) is 5.58. The van der Waals surface area contributed by atoms with E-state index in [0.29, 0.717) is 17.9 Å². The molecule has 0 bridgehead atoms. The van der Waals surface area contributed by atoms with Crippen molar-refractivity contribution >= 4 is 11.9 Å². The van der Waals surface area contributed by atoms with Crippen molar-refractivity contribution in [2.45, 2.75) is 26.4 Å². The fraction of sp³-hybridized carbons (Fsp3) is 0.300. The first-order chi connectivity index (χ1) is 12.1. The number of ether oxygens (including phenoxy) is 2. The van der Waals surface area contributed by atoms with Crippen LogP contribution < -0.4 is 4.74 Å². The summed E-state index contributed by atoms with van der Waals surface area (Å²) in [5.74, 6) is 0.0250. The van der Waals surface area contributed by atoms with E-state index in [1.54, 1.807) is 45.2 Å². The molecule has 0 aliphatic rings. The molecule has 1 unspecified atom stereocenters. The summed E-state index contributed by atoms with van der Waals surface area (Å²) in [7, 11) is 1.57. The minimum absolute atomic E-state index is 0.230. The number of carbonyl (C=O) groups excluding carboxylic acids is 2. The monoisotopic (exact) mass is 341 g/mol. The molecular formula is C20H23NO4. The van der Waals surface area contributed by atoms with Crippen LogP contribution in [0.4, 0.5) is 0 Å². The highest BCUT2D eigenvalue weighted by Gasteiger charge is 2.28. The first kappa shape index (κ1) is 18.5. The van der Waals surface area contributed by atoms with Gasteiger partial charge in [0.05, 0.1) is 13.7 Å². The van der Waals surface area contributed by atoms with Crippen LogP contribution in [0.25, 0.3) is 0 Å². The Hall–Kier alpha value is -2.82. The number of esters is 1. The third-order valence-electron chi connectivity index (χ3n) is 3.89. The second kappa shape index (κ2) is 8.87. The molecule has 2 rings (SSSR count). The zero-order valence-corrected chi connectivity index (χ0v) is 14.8. The lowest BCUT2D eigenvalue weighted by Crippen LogP contribution is -2.43. The molecule has 0 radical (unpaired) electrons. The van der Waals surface area contributed by atoms with E-state index < -0.39 is 12.0 Å². The Morgan fingerprint density at radius 1 is 1.04 bits per heavy atom. The van der Waals surface area contributed by atoms with Crippen LogP contribution in [0.5, 0.6) is 5.75 Å². The number of methoxy groups -OCH3 is 1. The molecule has 0 N–H and O–H groups in total. The smallest absolute Gasteiger partial charge is 0.328 e. The number of nitrogens with zero attached hydrogens (tertiary/aromatic N) is 1. The van der Waals surface area contributed by atoms with Crippen molar-refractivity contribution in [3.05, 3.63) is 65.7 Å². The molecule has 1 atom stereocenters. The van der Waals surface area contributed by atoms with Gasteiger partial charge in [-0.05, 0) is 43.7 Å². The normalized spacial score (nSPS) is 11.5. The summed E-state index contributed by atoms with van der Waals surface area (Å²) >= 11 is 0. The van der Waals surface area contributed by atoms with Crippen LogP contribution in [0, 0.1) is 0 Å². The molecular weight excluding hydrogens is 318 g/mol. The molecule has 25 heavy (non-hydrogen) atoms. The summed E-state index contributed by atoms with van der Waals surface area (Å²) in [4.78, 5) is 26.7. The van der Waals surface area contributed by atoms with E-state index in [0.717, 1.165) is 5.56 Å². The van der Waals surface area contributed by atoms with E-state index in [9.17, 15) is 9.59 Å². The van der Waals surface area contributed by atoms with E-state index in [4.69, 9.17) is 9.47 Å². The zero-order chi connectivity index (χ0) is 18.2. The molecule has 132 valence electrons. The lowest BCUT2D eigenvalue weighted by molar-refractivity contribution is -0.148. The first-order valence-electron chi connectivity index (χ1n) is 8.22. The van der Waals surface area contributed by atoms with Crippen LogP contribution in [-0.4, -0.2) is 36.5 Å². The van der Waals surface area contributed by atoms with Crippen molar-refractivity contribution in [2.75, 3.05) is 13.7 Å². The molecule has 2 aromatic rings. The highest BCUT2D eigenvalue weighted by molar-refractivity contribution is 5.96. The van der Waals surface area contributed by atoms with Gasteiger partial charge in [-0.15, -0.1) is 0 Å². The number of benzene rings is 2. The highest BCUT2D eigenvalue weighted by Crippen LogP contribution is 2.17. The quantitative estimate of drug-likeness (QED) is 0.725. The molecule has 0 aliphatic carbocycles. The standard InChI is InChI=1S/C20H23NO4/c1-4-25-20(23)15(2)21(14-16-8-6-5-7-9-16)19(22)17-10-12-18(24-3)13-11-17/h5-13,15H,4,14H2,1-3H3. The molecule has 5 heteroatoms. The van der Waals surface area contributed by atoms with Crippen LogP contribution in [0.15, 0.2) is 54.6 Å². The van der Waals surface area contributed by atoms with Crippen molar-refractivity contribution < 1.29 is 19.1 Å². The van der Waals surface area contributed by atoms with E-state index in [-0.39, 0.29) is 12.5 Å². The van der Waals surface area contributed by atoms with Crippen LogP contribution in [0.1, 0.15) is 29.8 Å². The maximum Gasteiger partial charge on any atom is 0.328 e. The Labute approximate surface area is 148 Å². The summed E-state index contributed by atoms with van der Waals surface area (Å²) in [5, 5.41) is 0. The van der Waals surface area contributed by atoms with E-state index in [1.807, 2.05) is 30.3 Å². The van der Waals surface area contributed by atoms with Gasteiger partial charge in [0.1, 0.15) is 11.8 Å². The maximum atomic E-state index is 13.0. The van der Waals surface area contributed by atoms with E-state index >= 15 is 0 Å². The van der Waals surface area contributed by atoms with Crippen LogP contribution >= 0.6 is 0 Å². The number of rotatable bonds is 7. The molecule has 1 amide bonds. The van der Waals surface area contributed by atoms with Gasteiger partial charge in [0, 0.05) is 12.1 Å². The van der Waals surface area contributed by atoms with E-state index in [1.165, 1.54) is 4.90 Å². The zero-order valence-electron chi connectivity index (χ0n) is 14.8. The summed E-state index contributed by atoms with van der Waals surface area (Å²) in [6.07, 6.45) is 0. The largest absolute Gasteiger partial charge is 0.497 e. The molecule has 0 heterocycles. The van der Waals surface area contributed by atoms with Gasteiger partial charge in [0.2, 0.25) is 0 Å². The summed E-state index contributed by atoms with van der Waals surface area (Å²) in [6.45, 7) is 4.03. The molecule has 0 saturated heterocycles. The Morgan fingerprint density at radius 3 is 2.24 bits per heavy atom. The van der Waals surface area contributed by atoms with Crippen molar-refractivity contribution in [1.29, 1.82) is 0 Å².